The maximum atomic E-state index is 13.6. The van der Waals surface area contributed by atoms with Crippen molar-refractivity contribution in [3.05, 3.63) is 65.9 Å². The van der Waals surface area contributed by atoms with Crippen molar-refractivity contribution in [3.63, 3.8) is 0 Å². The first kappa shape index (κ1) is 25.2. The van der Waals surface area contributed by atoms with Gasteiger partial charge >= 0.3 is 5.97 Å². The molecule has 0 saturated carbocycles. The van der Waals surface area contributed by atoms with Gasteiger partial charge in [0.2, 0.25) is 5.91 Å². The largest absolute Gasteiger partial charge is 0.497 e. The zero-order valence-electron chi connectivity index (χ0n) is 21.4. The van der Waals surface area contributed by atoms with Gasteiger partial charge in [-0.2, -0.15) is 8.75 Å². The SMILES string of the molecule is CCOC(=O)c1c(-c2ccc3nsnc3c2)c2cc(NC(C)=O)ccc2n1Cc1cc(OC)ccc1OC. The van der Waals surface area contributed by atoms with Gasteiger partial charge in [-0.3, -0.25) is 4.79 Å². The number of anilines is 1. The first-order valence-corrected chi connectivity index (χ1v) is 12.7. The average Bonchev–Trinajstić information content (AvgIpc) is 3.50. The molecule has 1 N–H and O–H groups in total. The Balaban J connectivity index is 1.82. The summed E-state index contributed by atoms with van der Waals surface area (Å²) in [7, 11) is 3.21. The van der Waals surface area contributed by atoms with Gasteiger partial charge in [-0.05, 0) is 61.0 Å². The van der Waals surface area contributed by atoms with Crippen molar-refractivity contribution in [1.82, 2.24) is 13.3 Å². The van der Waals surface area contributed by atoms with E-state index in [1.54, 1.807) is 21.1 Å². The molecule has 2 aromatic heterocycles. The summed E-state index contributed by atoms with van der Waals surface area (Å²) in [6, 6.07) is 16.8. The van der Waals surface area contributed by atoms with Gasteiger partial charge in [0.05, 0.1) is 39.1 Å². The molecule has 194 valence electrons. The van der Waals surface area contributed by atoms with Crippen LogP contribution in [0.5, 0.6) is 11.5 Å². The summed E-state index contributed by atoms with van der Waals surface area (Å²) < 4.78 is 27.2. The van der Waals surface area contributed by atoms with Crippen LogP contribution in [0.4, 0.5) is 5.69 Å². The molecule has 0 aliphatic heterocycles. The van der Waals surface area contributed by atoms with Crippen LogP contribution in [0.2, 0.25) is 0 Å². The summed E-state index contributed by atoms with van der Waals surface area (Å²) in [5.74, 6) is 0.684. The van der Waals surface area contributed by atoms with E-state index in [0.717, 1.165) is 44.8 Å². The number of aromatic nitrogens is 3. The molecular formula is C28H26N4O5S. The number of carbonyl (C=O) groups excluding carboxylic acids is 2. The van der Waals surface area contributed by atoms with Gasteiger partial charge in [0.1, 0.15) is 28.2 Å². The smallest absolute Gasteiger partial charge is 0.355 e. The summed E-state index contributed by atoms with van der Waals surface area (Å²) in [6.45, 7) is 3.76. The summed E-state index contributed by atoms with van der Waals surface area (Å²) in [4.78, 5) is 25.4. The molecule has 0 fully saturated rings. The minimum Gasteiger partial charge on any atom is -0.497 e. The molecule has 0 aliphatic rings. The van der Waals surface area contributed by atoms with E-state index < -0.39 is 5.97 Å². The Morgan fingerprint density at radius 2 is 1.79 bits per heavy atom. The highest BCUT2D eigenvalue weighted by atomic mass is 32.1. The Morgan fingerprint density at radius 3 is 2.53 bits per heavy atom. The van der Waals surface area contributed by atoms with Gasteiger partial charge in [0.25, 0.3) is 0 Å². The number of benzene rings is 3. The molecule has 3 aromatic carbocycles. The molecule has 9 nitrogen and oxygen atoms in total. The van der Waals surface area contributed by atoms with Crippen LogP contribution in [0.15, 0.2) is 54.6 Å². The van der Waals surface area contributed by atoms with Crippen LogP contribution < -0.4 is 14.8 Å². The maximum absolute atomic E-state index is 13.6. The zero-order valence-corrected chi connectivity index (χ0v) is 22.2. The number of amides is 1. The van der Waals surface area contributed by atoms with Crippen LogP contribution in [0.3, 0.4) is 0 Å². The molecule has 38 heavy (non-hydrogen) atoms. The number of hydrogen-bond acceptors (Lipinski definition) is 8. The monoisotopic (exact) mass is 530 g/mol. The third-order valence-corrected chi connectivity index (χ3v) is 6.77. The summed E-state index contributed by atoms with van der Waals surface area (Å²) in [6.07, 6.45) is 0. The maximum Gasteiger partial charge on any atom is 0.355 e. The normalized spacial score (nSPS) is 11.1. The lowest BCUT2D eigenvalue weighted by Crippen LogP contribution is -2.14. The number of hydrogen-bond donors (Lipinski definition) is 1. The van der Waals surface area contributed by atoms with E-state index in [0.29, 0.717) is 35.0 Å². The fraction of sp³-hybridized carbons (Fsp3) is 0.214. The van der Waals surface area contributed by atoms with Crippen molar-refractivity contribution in [2.24, 2.45) is 0 Å². The van der Waals surface area contributed by atoms with Gasteiger partial charge in [0, 0.05) is 34.6 Å². The predicted molar refractivity (Wildman–Crippen MR) is 147 cm³/mol. The van der Waals surface area contributed by atoms with Gasteiger partial charge in [-0.15, -0.1) is 0 Å². The summed E-state index contributed by atoms with van der Waals surface area (Å²) in [5.41, 5.74) is 5.60. The third kappa shape index (κ3) is 4.66. The number of fused-ring (bicyclic) bond motifs is 2. The minimum atomic E-state index is -0.460. The molecule has 5 aromatic rings. The molecule has 0 saturated heterocycles. The minimum absolute atomic E-state index is 0.188. The topological polar surface area (TPSA) is 105 Å². The van der Waals surface area contributed by atoms with E-state index in [1.807, 2.05) is 59.2 Å². The number of esters is 1. The van der Waals surface area contributed by atoms with Crippen molar-refractivity contribution in [2.75, 3.05) is 26.1 Å². The van der Waals surface area contributed by atoms with Crippen LogP contribution in [0, 0.1) is 0 Å². The van der Waals surface area contributed by atoms with E-state index in [-0.39, 0.29) is 12.5 Å². The predicted octanol–water partition coefficient (Wildman–Crippen LogP) is 5.51. The Bertz CT molecular complexity index is 1670. The van der Waals surface area contributed by atoms with Crippen LogP contribution in [0.25, 0.3) is 33.1 Å². The third-order valence-electron chi connectivity index (χ3n) is 6.21. The molecule has 2 heterocycles. The fourth-order valence-electron chi connectivity index (χ4n) is 4.62. The first-order valence-electron chi connectivity index (χ1n) is 12.0. The molecule has 10 heteroatoms. The molecule has 5 rings (SSSR count). The Labute approximate surface area is 223 Å². The number of ether oxygens (including phenoxy) is 3. The number of rotatable bonds is 8. The van der Waals surface area contributed by atoms with E-state index in [1.165, 1.54) is 6.92 Å². The zero-order chi connectivity index (χ0) is 26.8. The number of carbonyl (C=O) groups is 2. The quantitative estimate of drug-likeness (QED) is 0.264. The highest BCUT2D eigenvalue weighted by Crippen LogP contribution is 2.39. The Kier molecular flexibility index (Phi) is 6.97. The van der Waals surface area contributed by atoms with Crippen LogP contribution in [0.1, 0.15) is 29.9 Å². The van der Waals surface area contributed by atoms with Crippen molar-refractivity contribution < 1.29 is 23.8 Å². The van der Waals surface area contributed by atoms with Crippen LogP contribution in [-0.4, -0.2) is 46.0 Å². The lowest BCUT2D eigenvalue weighted by Gasteiger charge is -2.15. The van der Waals surface area contributed by atoms with Crippen LogP contribution >= 0.6 is 11.7 Å². The molecule has 0 unspecified atom stereocenters. The van der Waals surface area contributed by atoms with Gasteiger partial charge in [-0.25, -0.2) is 4.79 Å². The molecular weight excluding hydrogens is 504 g/mol. The fourth-order valence-corrected chi connectivity index (χ4v) is 5.13. The van der Waals surface area contributed by atoms with E-state index in [4.69, 9.17) is 14.2 Å². The molecule has 1 amide bonds. The van der Waals surface area contributed by atoms with Gasteiger partial charge in [-0.1, -0.05) is 6.07 Å². The van der Waals surface area contributed by atoms with Crippen LogP contribution in [-0.2, 0) is 16.1 Å². The molecule has 0 radical (unpaired) electrons. The lowest BCUT2D eigenvalue weighted by molar-refractivity contribution is -0.114. The van der Waals surface area contributed by atoms with E-state index in [2.05, 4.69) is 14.1 Å². The highest BCUT2D eigenvalue weighted by molar-refractivity contribution is 7.00. The van der Waals surface area contributed by atoms with Crippen molar-refractivity contribution >= 4 is 51.2 Å². The molecule has 0 aliphatic carbocycles. The number of methoxy groups -OCH3 is 2. The second kappa shape index (κ2) is 10.5. The summed E-state index contributed by atoms with van der Waals surface area (Å²) in [5, 5.41) is 3.63. The number of nitrogens with zero attached hydrogens (tertiary/aromatic N) is 3. The lowest BCUT2D eigenvalue weighted by atomic mass is 10.0. The molecule has 0 atom stereocenters. The van der Waals surface area contributed by atoms with E-state index >= 15 is 0 Å². The van der Waals surface area contributed by atoms with Gasteiger partial charge in [0.15, 0.2) is 0 Å². The Morgan fingerprint density at radius 1 is 0.974 bits per heavy atom. The standard InChI is InChI=1S/C28H26N4O5S/c1-5-37-28(34)27-26(17-6-9-22-23(13-17)31-38-30-22)21-14-19(29-16(2)33)7-10-24(21)32(27)15-18-12-20(35-3)8-11-25(18)36-4/h6-14H,5,15H2,1-4H3,(H,29,33). The molecule has 0 bridgehead atoms. The number of nitrogens with one attached hydrogen (secondary N) is 1. The van der Waals surface area contributed by atoms with Gasteiger partial charge < -0.3 is 24.1 Å². The first-order chi connectivity index (χ1) is 18.4. The van der Waals surface area contributed by atoms with E-state index in [9.17, 15) is 9.59 Å². The van der Waals surface area contributed by atoms with Crippen molar-refractivity contribution in [2.45, 2.75) is 20.4 Å². The van der Waals surface area contributed by atoms with Crippen molar-refractivity contribution in [3.8, 4) is 22.6 Å². The average molecular weight is 531 g/mol. The molecule has 0 spiro atoms. The Hall–Kier alpha value is -4.44. The summed E-state index contributed by atoms with van der Waals surface area (Å²) >= 11 is 1.13. The second-order valence-corrected chi connectivity index (χ2v) is 9.12. The second-order valence-electron chi connectivity index (χ2n) is 8.59. The highest BCUT2D eigenvalue weighted by Gasteiger charge is 2.26. The van der Waals surface area contributed by atoms with Crippen molar-refractivity contribution in [1.29, 1.82) is 0 Å².